The lowest BCUT2D eigenvalue weighted by Gasteiger charge is -2.16. The van der Waals surface area contributed by atoms with E-state index < -0.39 is 24.3 Å². The van der Waals surface area contributed by atoms with Crippen molar-refractivity contribution >= 4 is 5.97 Å². The Morgan fingerprint density at radius 2 is 1.83 bits per heavy atom. The SMILES string of the molecule is CCC(O)CC(O)C(O)C(=O)O. The van der Waals surface area contributed by atoms with Crippen molar-refractivity contribution in [3.8, 4) is 0 Å². The average molecular weight is 178 g/mol. The molecule has 0 aromatic heterocycles. The summed E-state index contributed by atoms with van der Waals surface area (Å²) in [5, 5.41) is 35.0. The molecule has 4 N–H and O–H groups in total. The maximum atomic E-state index is 10.1. The minimum Gasteiger partial charge on any atom is -0.479 e. The van der Waals surface area contributed by atoms with Crippen LogP contribution in [0.15, 0.2) is 0 Å². The number of carbonyl (C=O) groups is 1. The largest absolute Gasteiger partial charge is 0.479 e. The predicted molar refractivity (Wildman–Crippen MR) is 40.6 cm³/mol. The van der Waals surface area contributed by atoms with Crippen LogP contribution in [0.5, 0.6) is 0 Å². The van der Waals surface area contributed by atoms with E-state index in [2.05, 4.69) is 0 Å². The summed E-state index contributed by atoms with van der Waals surface area (Å²) in [6.45, 7) is 1.70. The summed E-state index contributed by atoms with van der Waals surface area (Å²) in [5.41, 5.74) is 0. The summed E-state index contributed by atoms with van der Waals surface area (Å²) in [6, 6.07) is 0. The number of carboxylic acids is 1. The number of aliphatic hydroxyl groups excluding tert-OH is 3. The van der Waals surface area contributed by atoms with E-state index in [4.69, 9.17) is 20.4 Å². The number of aliphatic carboxylic acids is 1. The molecule has 0 radical (unpaired) electrons. The highest BCUT2D eigenvalue weighted by atomic mass is 16.4. The number of hydrogen-bond donors (Lipinski definition) is 4. The van der Waals surface area contributed by atoms with E-state index >= 15 is 0 Å². The summed E-state index contributed by atoms with van der Waals surface area (Å²) >= 11 is 0. The lowest BCUT2D eigenvalue weighted by molar-refractivity contribution is -0.153. The van der Waals surface area contributed by atoms with E-state index in [1.807, 2.05) is 0 Å². The van der Waals surface area contributed by atoms with Crippen molar-refractivity contribution in [3.05, 3.63) is 0 Å². The topological polar surface area (TPSA) is 98.0 Å². The first kappa shape index (κ1) is 11.4. The lowest BCUT2D eigenvalue weighted by Crippen LogP contribution is -2.36. The molecule has 0 aliphatic heterocycles. The highest BCUT2D eigenvalue weighted by Crippen LogP contribution is 2.05. The Labute approximate surface area is 70.3 Å². The van der Waals surface area contributed by atoms with Crippen molar-refractivity contribution in [1.82, 2.24) is 0 Å². The maximum Gasteiger partial charge on any atom is 0.335 e. The van der Waals surface area contributed by atoms with Crippen LogP contribution in [0.2, 0.25) is 0 Å². The molecule has 0 bridgehead atoms. The minimum absolute atomic E-state index is 0.121. The van der Waals surface area contributed by atoms with Gasteiger partial charge in [-0.25, -0.2) is 4.79 Å². The van der Waals surface area contributed by atoms with Gasteiger partial charge in [0, 0.05) is 6.42 Å². The zero-order valence-electron chi connectivity index (χ0n) is 6.84. The molecule has 0 spiro atoms. The molecule has 0 saturated carbocycles. The van der Waals surface area contributed by atoms with E-state index in [0.29, 0.717) is 6.42 Å². The zero-order chi connectivity index (χ0) is 9.72. The summed E-state index contributed by atoms with van der Waals surface area (Å²) in [4.78, 5) is 10.1. The quantitative estimate of drug-likeness (QED) is 0.431. The van der Waals surface area contributed by atoms with E-state index in [1.165, 1.54) is 0 Å². The summed E-state index contributed by atoms with van der Waals surface area (Å²) in [5.74, 6) is -1.48. The second-order valence-corrected chi connectivity index (χ2v) is 2.65. The first-order valence-electron chi connectivity index (χ1n) is 3.76. The van der Waals surface area contributed by atoms with Crippen LogP contribution in [-0.2, 0) is 4.79 Å². The molecular formula is C7H14O5. The van der Waals surface area contributed by atoms with Gasteiger partial charge in [-0.1, -0.05) is 6.92 Å². The molecule has 3 atom stereocenters. The van der Waals surface area contributed by atoms with Gasteiger partial charge in [-0.15, -0.1) is 0 Å². The van der Waals surface area contributed by atoms with Crippen molar-refractivity contribution in [1.29, 1.82) is 0 Å². The van der Waals surface area contributed by atoms with Crippen LogP contribution >= 0.6 is 0 Å². The zero-order valence-corrected chi connectivity index (χ0v) is 6.84. The monoisotopic (exact) mass is 178 g/mol. The van der Waals surface area contributed by atoms with Gasteiger partial charge in [-0.05, 0) is 6.42 Å². The molecule has 0 amide bonds. The maximum absolute atomic E-state index is 10.1. The Morgan fingerprint density at radius 1 is 1.33 bits per heavy atom. The van der Waals surface area contributed by atoms with Gasteiger partial charge in [0.25, 0.3) is 0 Å². The molecule has 0 aliphatic rings. The molecule has 0 heterocycles. The Morgan fingerprint density at radius 3 is 2.17 bits per heavy atom. The molecule has 5 nitrogen and oxygen atoms in total. The Bertz CT molecular complexity index is 147. The summed E-state index contributed by atoms with van der Waals surface area (Å²) in [6.07, 6.45) is -3.69. The fourth-order valence-electron chi connectivity index (χ4n) is 0.739. The fourth-order valence-corrected chi connectivity index (χ4v) is 0.739. The van der Waals surface area contributed by atoms with Crippen LogP contribution in [0.25, 0.3) is 0 Å². The highest BCUT2D eigenvalue weighted by Gasteiger charge is 2.25. The van der Waals surface area contributed by atoms with Crippen molar-refractivity contribution in [2.75, 3.05) is 0 Å². The van der Waals surface area contributed by atoms with Crippen LogP contribution < -0.4 is 0 Å². The third kappa shape index (κ3) is 3.66. The second kappa shape index (κ2) is 5.08. The molecule has 5 heteroatoms. The lowest BCUT2D eigenvalue weighted by atomic mass is 10.1. The van der Waals surface area contributed by atoms with Crippen molar-refractivity contribution in [3.63, 3.8) is 0 Å². The highest BCUT2D eigenvalue weighted by molar-refractivity contribution is 5.72. The van der Waals surface area contributed by atoms with E-state index in [-0.39, 0.29) is 6.42 Å². The van der Waals surface area contributed by atoms with Gasteiger partial charge in [0.05, 0.1) is 12.2 Å². The van der Waals surface area contributed by atoms with E-state index in [9.17, 15) is 4.79 Å². The first-order chi connectivity index (χ1) is 5.49. The molecule has 72 valence electrons. The van der Waals surface area contributed by atoms with Gasteiger partial charge >= 0.3 is 5.97 Å². The number of aliphatic hydroxyl groups is 3. The van der Waals surface area contributed by atoms with Gasteiger partial charge in [-0.3, -0.25) is 0 Å². The standard InChI is InChI=1S/C7H14O5/c1-2-4(8)3-5(9)6(10)7(11)12/h4-6,8-10H,2-3H2,1H3,(H,11,12). The molecule has 0 aromatic carbocycles. The Kier molecular flexibility index (Phi) is 4.80. The Balaban J connectivity index is 3.86. The molecule has 0 fully saturated rings. The van der Waals surface area contributed by atoms with Crippen LogP contribution in [0.3, 0.4) is 0 Å². The van der Waals surface area contributed by atoms with E-state index in [0.717, 1.165) is 0 Å². The summed E-state index contributed by atoms with van der Waals surface area (Å²) in [7, 11) is 0. The van der Waals surface area contributed by atoms with Crippen molar-refractivity contribution in [2.45, 2.75) is 38.1 Å². The van der Waals surface area contributed by atoms with Crippen molar-refractivity contribution in [2.24, 2.45) is 0 Å². The normalized spacial score (nSPS) is 18.3. The van der Waals surface area contributed by atoms with Crippen LogP contribution in [-0.4, -0.2) is 44.7 Å². The number of carboxylic acid groups (broad SMARTS) is 1. The van der Waals surface area contributed by atoms with Crippen LogP contribution in [0.4, 0.5) is 0 Å². The third-order valence-corrected chi connectivity index (χ3v) is 1.60. The van der Waals surface area contributed by atoms with E-state index in [1.54, 1.807) is 6.92 Å². The fraction of sp³-hybridized carbons (Fsp3) is 0.857. The smallest absolute Gasteiger partial charge is 0.335 e. The first-order valence-corrected chi connectivity index (χ1v) is 3.76. The van der Waals surface area contributed by atoms with Crippen LogP contribution in [0.1, 0.15) is 19.8 Å². The molecular weight excluding hydrogens is 164 g/mol. The third-order valence-electron chi connectivity index (χ3n) is 1.60. The predicted octanol–water partition coefficient (Wildman–Crippen LogP) is -1.05. The van der Waals surface area contributed by atoms with Crippen molar-refractivity contribution < 1.29 is 25.2 Å². The molecule has 0 aromatic rings. The average Bonchev–Trinajstić information content (AvgIpc) is 2.02. The molecule has 12 heavy (non-hydrogen) atoms. The van der Waals surface area contributed by atoms with Crippen LogP contribution in [0, 0.1) is 0 Å². The van der Waals surface area contributed by atoms with Gasteiger partial charge in [0.1, 0.15) is 0 Å². The Hall–Kier alpha value is -0.650. The van der Waals surface area contributed by atoms with Gasteiger partial charge in [0.2, 0.25) is 0 Å². The summed E-state index contributed by atoms with van der Waals surface area (Å²) < 4.78 is 0. The van der Waals surface area contributed by atoms with Gasteiger partial charge in [0.15, 0.2) is 6.10 Å². The van der Waals surface area contributed by atoms with Gasteiger partial charge in [-0.2, -0.15) is 0 Å². The molecule has 0 saturated heterocycles. The molecule has 0 rings (SSSR count). The number of hydrogen-bond acceptors (Lipinski definition) is 4. The number of rotatable bonds is 5. The molecule has 3 unspecified atom stereocenters. The van der Waals surface area contributed by atoms with Gasteiger partial charge < -0.3 is 20.4 Å². The molecule has 0 aliphatic carbocycles. The second-order valence-electron chi connectivity index (χ2n) is 2.65. The minimum atomic E-state index is -1.81.